The zero-order chi connectivity index (χ0) is 17.9. The van der Waals surface area contributed by atoms with Crippen LogP contribution in [-0.2, 0) is 0 Å². The van der Waals surface area contributed by atoms with Crippen LogP contribution in [0.2, 0.25) is 0 Å². The number of nitrogens with zero attached hydrogens (tertiary/aromatic N) is 3. The Hall–Kier alpha value is -3.62. The normalized spacial score (nSPS) is 12.5. The summed E-state index contributed by atoms with van der Waals surface area (Å²) in [6.07, 6.45) is 2.82. The molecule has 2 aromatic heterocycles. The lowest BCUT2D eigenvalue weighted by Crippen LogP contribution is -2.17. The first-order valence-electron chi connectivity index (χ1n) is 7.91. The Bertz CT molecular complexity index is 939. The van der Waals surface area contributed by atoms with E-state index in [2.05, 4.69) is 25.8 Å². The zero-order valence-electron chi connectivity index (χ0n) is 13.9. The second-order valence-corrected chi connectivity index (χ2v) is 5.55. The minimum Gasteiger partial charge on any atom is -0.486 e. The highest BCUT2D eigenvalue weighted by Gasteiger charge is 2.14. The molecular weight excluding hydrogens is 338 g/mol. The third kappa shape index (κ3) is 3.41. The maximum Gasteiger partial charge on any atom is 0.275 e. The number of rotatable bonds is 4. The molecule has 0 saturated heterocycles. The predicted octanol–water partition coefficient (Wildman–Crippen LogP) is 2.54. The van der Waals surface area contributed by atoms with Crippen LogP contribution in [0.15, 0.2) is 41.2 Å². The highest BCUT2D eigenvalue weighted by Crippen LogP contribution is 2.32. The van der Waals surface area contributed by atoms with E-state index in [1.165, 1.54) is 12.4 Å². The SMILES string of the molecule is Cc1cc(Nc2cnc(C(=O)Nc3ccc4c(c3)OCCO4)cn2)no1. The second-order valence-electron chi connectivity index (χ2n) is 5.55. The fourth-order valence-corrected chi connectivity index (χ4v) is 2.38. The van der Waals surface area contributed by atoms with Crippen molar-refractivity contribution in [2.75, 3.05) is 23.8 Å². The van der Waals surface area contributed by atoms with Crippen LogP contribution in [0.3, 0.4) is 0 Å². The summed E-state index contributed by atoms with van der Waals surface area (Å²) in [5, 5.41) is 9.49. The Morgan fingerprint density at radius 1 is 1.04 bits per heavy atom. The molecule has 2 N–H and O–H groups in total. The smallest absolute Gasteiger partial charge is 0.275 e. The summed E-state index contributed by atoms with van der Waals surface area (Å²) in [7, 11) is 0. The van der Waals surface area contributed by atoms with Crippen LogP contribution < -0.4 is 20.1 Å². The molecule has 1 aromatic carbocycles. The molecule has 3 aromatic rings. The van der Waals surface area contributed by atoms with Crippen molar-refractivity contribution in [1.82, 2.24) is 15.1 Å². The molecule has 9 nitrogen and oxygen atoms in total. The summed E-state index contributed by atoms with van der Waals surface area (Å²) in [6.45, 7) is 2.78. The number of hydrogen-bond donors (Lipinski definition) is 2. The summed E-state index contributed by atoms with van der Waals surface area (Å²) in [5.41, 5.74) is 0.767. The van der Waals surface area contributed by atoms with Crippen LogP contribution in [0.5, 0.6) is 11.5 Å². The third-order valence-electron chi connectivity index (χ3n) is 3.57. The minimum atomic E-state index is -0.377. The van der Waals surface area contributed by atoms with Crippen molar-refractivity contribution < 1.29 is 18.8 Å². The van der Waals surface area contributed by atoms with E-state index in [4.69, 9.17) is 14.0 Å². The van der Waals surface area contributed by atoms with Gasteiger partial charge >= 0.3 is 0 Å². The van der Waals surface area contributed by atoms with E-state index in [0.29, 0.717) is 47.8 Å². The number of benzene rings is 1. The van der Waals surface area contributed by atoms with Gasteiger partial charge in [-0.2, -0.15) is 0 Å². The number of amides is 1. The molecule has 0 saturated carbocycles. The van der Waals surface area contributed by atoms with Crippen LogP contribution in [-0.4, -0.2) is 34.2 Å². The number of hydrogen-bond acceptors (Lipinski definition) is 8. The van der Waals surface area contributed by atoms with Gasteiger partial charge < -0.3 is 24.6 Å². The zero-order valence-corrected chi connectivity index (χ0v) is 13.9. The molecule has 1 aliphatic heterocycles. The molecule has 4 rings (SSSR count). The van der Waals surface area contributed by atoms with E-state index in [1.807, 2.05) is 0 Å². The van der Waals surface area contributed by atoms with E-state index >= 15 is 0 Å². The summed E-state index contributed by atoms with van der Waals surface area (Å²) in [4.78, 5) is 20.6. The highest BCUT2D eigenvalue weighted by molar-refractivity contribution is 6.02. The molecule has 1 aliphatic rings. The average Bonchev–Trinajstić information content (AvgIpc) is 3.07. The summed E-state index contributed by atoms with van der Waals surface area (Å²) >= 11 is 0. The maximum absolute atomic E-state index is 12.3. The Morgan fingerprint density at radius 3 is 2.62 bits per heavy atom. The van der Waals surface area contributed by atoms with Crippen molar-refractivity contribution in [3.8, 4) is 11.5 Å². The Morgan fingerprint density at radius 2 is 1.88 bits per heavy atom. The van der Waals surface area contributed by atoms with Gasteiger partial charge in [-0.25, -0.2) is 9.97 Å². The largest absolute Gasteiger partial charge is 0.486 e. The molecule has 9 heteroatoms. The third-order valence-corrected chi connectivity index (χ3v) is 3.57. The average molecular weight is 353 g/mol. The van der Waals surface area contributed by atoms with Crippen molar-refractivity contribution >= 4 is 23.2 Å². The monoisotopic (exact) mass is 353 g/mol. The Kier molecular flexibility index (Phi) is 4.10. The number of anilines is 3. The van der Waals surface area contributed by atoms with E-state index in [0.717, 1.165) is 0 Å². The molecule has 132 valence electrons. The molecular formula is C17H15N5O4. The number of ether oxygens (including phenoxy) is 2. The highest BCUT2D eigenvalue weighted by atomic mass is 16.6. The molecule has 3 heterocycles. The van der Waals surface area contributed by atoms with Gasteiger partial charge in [-0.05, 0) is 19.1 Å². The van der Waals surface area contributed by atoms with Crippen LogP contribution in [0.1, 0.15) is 16.2 Å². The Labute approximate surface area is 148 Å². The topological polar surface area (TPSA) is 111 Å². The molecule has 0 spiro atoms. The lowest BCUT2D eigenvalue weighted by molar-refractivity contribution is 0.102. The van der Waals surface area contributed by atoms with E-state index in [-0.39, 0.29) is 11.6 Å². The molecule has 0 fully saturated rings. The van der Waals surface area contributed by atoms with Gasteiger partial charge in [0.2, 0.25) is 0 Å². The van der Waals surface area contributed by atoms with Crippen LogP contribution in [0.25, 0.3) is 0 Å². The van der Waals surface area contributed by atoms with Gasteiger partial charge in [0.25, 0.3) is 5.91 Å². The Balaban J connectivity index is 1.43. The van der Waals surface area contributed by atoms with Crippen molar-refractivity contribution in [3.05, 3.63) is 48.1 Å². The number of fused-ring (bicyclic) bond motifs is 1. The van der Waals surface area contributed by atoms with Gasteiger partial charge in [0, 0.05) is 17.8 Å². The number of aryl methyl sites for hydroxylation is 1. The number of aromatic nitrogens is 3. The van der Waals surface area contributed by atoms with E-state index in [9.17, 15) is 4.79 Å². The van der Waals surface area contributed by atoms with Crippen molar-refractivity contribution in [3.63, 3.8) is 0 Å². The van der Waals surface area contributed by atoms with Gasteiger partial charge in [-0.1, -0.05) is 5.16 Å². The van der Waals surface area contributed by atoms with Crippen LogP contribution in [0, 0.1) is 6.92 Å². The quantitative estimate of drug-likeness (QED) is 0.736. The van der Waals surface area contributed by atoms with Gasteiger partial charge in [-0.15, -0.1) is 0 Å². The van der Waals surface area contributed by atoms with Gasteiger partial charge in [0.15, 0.2) is 17.3 Å². The number of carbonyl (C=O) groups is 1. The first kappa shape index (κ1) is 15.9. The fraction of sp³-hybridized carbons (Fsp3) is 0.176. The minimum absolute atomic E-state index is 0.182. The predicted molar refractivity (Wildman–Crippen MR) is 91.9 cm³/mol. The molecule has 0 radical (unpaired) electrons. The molecule has 0 unspecified atom stereocenters. The molecule has 0 bridgehead atoms. The lowest BCUT2D eigenvalue weighted by Gasteiger charge is -2.18. The fourth-order valence-electron chi connectivity index (χ4n) is 2.38. The van der Waals surface area contributed by atoms with Crippen molar-refractivity contribution in [2.45, 2.75) is 6.92 Å². The lowest BCUT2D eigenvalue weighted by atomic mass is 10.2. The van der Waals surface area contributed by atoms with Crippen LogP contribution >= 0.6 is 0 Å². The number of nitrogens with one attached hydrogen (secondary N) is 2. The standard InChI is InChI=1S/C17H15N5O4/c1-10-6-15(22-26-10)21-16-9-18-12(8-19-16)17(23)20-11-2-3-13-14(7-11)25-5-4-24-13/h2-3,6-9H,4-5H2,1H3,(H,20,23)(H,19,21,22). The van der Waals surface area contributed by atoms with Gasteiger partial charge in [0.05, 0.1) is 12.4 Å². The molecule has 0 aliphatic carbocycles. The maximum atomic E-state index is 12.3. The second kappa shape index (κ2) is 6.71. The van der Waals surface area contributed by atoms with Crippen molar-refractivity contribution in [2.24, 2.45) is 0 Å². The van der Waals surface area contributed by atoms with Gasteiger partial charge in [0.1, 0.15) is 30.5 Å². The summed E-state index contributed by atoms with van der Waals surface area (Å²) < 4.78 is 15.9. The molecule has 0 atom stereocenters. The van der Waals surface area contributed by atoms with Crippen LogP contribution in [0.4, 0.5) is 17.3 Å². The first-order valence-corrected chi connectivity index (χ1v) is 7.91. The molecule has 26 heavy (non-hydrogen) atoms. The molecule has 1 amide bonds. The summed E-state index contributed by atoms with van der Waals surface area (Å²) in [5.74, 6) is 2.53. The first-order chi connectivity index (χ1) is 12.7. The van der Waals surface area contributed by atoms with Crippen molar-refractivity contribution in [1.29, 1.82) is 0 Å². The van der Waals surface area contributed by atoms with E-state index in [1.54, 1.807) is 31.2 Å². The summed E-state index contributed by atoms with van der Waals surface area (Å²) in [6, 6.07) is 6.93. The number of carbonyl (C=O) groups excluding carboxylic acids is 1. The van der Waals surface area contributed by atoms with Gasteiger partial charge in [-0.3, -0.25) is 4.79 Å². The van der Waals surface area contributed by atoms with E-state index < -0.39 is 0 Å².